The summed E-state index contributed by atoms with van der Waals surface area (Å²) in [5.74, 6) is 2.90. The van der Waals surface area contributed by atoms with Gasteiger partial charge in [0.1, 0.15) is 24.1 Å². The number of fused-ring (bicyclic) bond motifs is 2. The number of nitrogens with zero attached hydrogens (tertiary/aromatic N) is 2. The van der Waals surface area contributed by atoms with E-state index in [1.165, 1.54) is 23.0 Å². The Morgan fingerprint density at radius 3 is 2.52 bits per heavy atom. The van der Waals surface area contributed by atoms with Crippen molar-refractivity contribution in [3.8, 4) is 34.5 Å². The number of rotatable bonds is 10. The van der Waals surface area contributed by atoms with Gasteiger partial charge in [-0.2, -0.15) is 0 Å². The molecule has 11 nitrogen and oxygen atoms in total. The number of aromatic nitrogens is 1. The quantitative estimate of drug-likeness (QED) is 0.235. The van der Waals surface area contributed by atoms with Crippen molar-refractivity contribution in [2.75, 3.05) is 34.7 Å². The molecule has 0 radical (unpaired) electrons. The molecule has 0 unspecified atom stereocenters. The van der Waals surface area contributed by atoms with Crippen molar-refractivity contribution in [3.63, 3.8) is 0 Å². The zero-order valence-corrected chi connectivity index (χ0v) is 26.8. The molecule has 3 heterocycles. The van der Waals surface area contributed by atoms with Crippen molar-refractivity contribution in [1.29, 1.82) is 0 Å². The van der Waals surface area contributed by atoms with Crippen molar-refractivity contribution in [2.45, 2.75) is 26.5 Å². The Bertz CT molecular complexity index is 2030. The van der Waals surface area contributed by atoms with Gasteiger partial charge < -0.3 is 33.2 Å². The van der Waals surface area contributed by atoms with E-state index in [0.717, 1.165) is 11.1 Å². The highest BCUT2D eigenvalue weighted by Gasteiger charge is 2.35. The standard InChI is InChI=1S/C34H32N2O9S/c1-6-42-33(38)30-19(2)35-34-36(31(30)23-16-22(39-3)9-12-24(23)40-4)32(37)29(46-34)15-20-7-10-25(27(13-20)41-5)43-17-21-8-11-26-28(14-21)45-18-44-26/h7-16,31H,6,17-18H2,1-5H3/b29-15-/t31-/m1/s1. The second kappa shape index (κ2) is 13.0. The number of hydrogen-bond donors (Lipinski definition) is 0. The highest BCUT2D eigenvalue weighted by molar-refractivity contribution is 7.07. The largest absolute Gasteiger partial charge is 0.497 e. The fourth-order valence-electron chi connectivity index (χ4n) is 5.38. The predicted molar refractivity (Wildman–Crippen MR) is 170 cm³/mol. The lowest BCUT2D eigenvalue weighted by Crippen LogP contribution is -2.40. The lowest BCUT2D eigenvalue weighted by molar-refractivity contribution is -0.139. The number of methoxy groups -OCH3 is 3. The number of ether oxygens (including phenoxy) is 7. The molecule has 3 aromatic carbocycles. The van der Waals surface area contributed by atoms with Crippen LogP contribution in [0, 0.1) is 0 Å². The van der Waals surface area contributed by atoms with E-state index < -0.39 is 12.0 Å². The van der Waals surface area contributed by atoms with Crippen LogP contribution >= 0.6 is 11.3 Å². The minimum Gasteiger partial charge on any atom is -0.497 e. The Kier molecular flexibility index (Phi) is 8.71. The molecule has 6 rings (SSSR count). The Labute approximate surface area is 268 Å². The molecule has 0 bridgehead atoms. The van der Waals surface area contributed by atoms with Gasteiger partial charge in [-0.05, 0) is 73.5 Å². The predicted octanol–water partition coefficient (Wildman–Crippen LogP) is 4.13. The molecular weight excluding hydrogens is 612 g/mol. The number of carbonyl (C=O) groups is 1. The van der Waals surface area contributed by atoms with Crippen LogP contribution in [0.15, 0.2) is 75.7 Å². The van der Waals surface area contributed by atoms with Crippen molar-refractivity contribution in [3.05, 3.63) is 102 Å². The molecule has 0 aliphatic carbocycles. The molecule has 1 aromatic heterocycles. The number of allylic oxidation sites excluding steroid dienone is 1. The Balaban J connectivity index is 1.38. The first-order valence-electron chi connectivity index (χ1n) is 14.5. The second-order valence-corrected chi connectivity index (χ2v) is 11.3. The summed E-state index contributed by atoms with van der Waals surface area (Å²) in [6.45, 7) is 4.12. The van der Waals surface area contributed by atoms with Gasteiger partial charge in [-0.1, -0.05) is 23.5 Å². The number of benzene rings is 3. The van der Waals surface area contributed by atoms with Crippen LogP contribution in [-0.2, 0) is 16.1 Å². The summed E-state index contributed by atoms with van der Waals surface area (Å²) in [5, 5.41) is 0. The highest BCUT2D eigenvalue weighted by Crippen LogP contribution is 2.38. The molecule has 2 aliphatic rings. The van der Waals surface area contributed by atoms with Gasteiger partial charge in [0.25, 0.3) is 5.56 Å². The van der Waals surface area contributed by atoms with Crippen molar-refractivity contribution in [1.82, 2.24) is 4.57 Å². The number of thiazole rings is 1. The summed E-state index contributed by atoms with van der Waals surface area (Å²) in [5.41, 5.74) is 2.57. The normalized spacial score (nSPS) is 15.2. The fraction of sp³-hybridized carbons (Fsp3) is 0.265. The molecule has 0 spiro atoms. The number of carbonyl (C=O) groups excluding carboxylic acids is 1. The van der Waals surface area contributed by atoms with Gasteiger partial charge in [-0.25, -0.2) is 9.79 Å². The molecule has 0 saturated carbocycles. The van der Waals surface area contributed by atoms with E-state index in [-0.39, 0.29) is 24.5 Å². The van der Waals surface area contributed by atoms with E-state index in [1.54, 1.807) is 64.5 Å². The average Bonchev–Trinajstić information content (AvgIpc) is 3.66. The van der Waals surface area contributed by atoms with Crippen LogP contribution in [0.25, 0.3) is 6.08 Å². The van der Waals surface area contributed by atoms with Crippen LogP contribution < -0.4 is 43.3 Å². The maximum Gasteiger partial charge on any atom is 0.338 e. The maximum absolute atomic E-state index is 14.1. The molecule has 0 fully saturated rings. The molecular formula is C34H32N2O9S. The smallest absolute Gasteiger partial charge is 0.338 e. The number of esters is 1. The van der Waals surface area contributed by atoms with E-state index in [2.05, 4.69) is 4.99 Å². The molecule has 4 aromatic rings. The van der Waals surface area contributed by atoms with Crippen molar-refractivity contribution >= 4 is 23.4 Å². The van der Waals surface area contributed by atoms with Crippen LogP contribution in [0.3, 0.4) is 0 Å². The van der Waals surface area contributed by atoms with Crippen LogP contribution in [0.4, 0.5) is 0 Å². The van der Waals surface area contributed by atoms with Gasteiger partial charge in [-0.15, -0.1) is 0 Å². The first-order valence-corrected chi connectivity index (χ1v) is 15.3. The van der Waals surface area contributed by atoms with Crippen LogP contribution in [0.2, 0.25) is 0 Å². The zero-order valence-electron chi connectivity index (χ0n) is 25.9. The summed E-state index contributed by atoms with van der Waals surface area (Å²) in [6.07, 6.45) is 1.76. The van der Waals surface area contributed by atoms with E-state index in [0.29, 0.717) is 61.7 Å². The number of hydrogen-bond acceptors (Lipinski definition) is 11. The lowest BCUT2D eigenvalue weighted by Gasteiger charge is -2.26. The maximum atomic E-state index is 14.1. The van der Waals surface area contributed by atoms with Gasteiger partial charge in [0.05, 0.1) is 43.7 Å². The van der Waals surface area contributed by atoms with Gasteiger partial charge >= 0.3 is 5.97 Å². The van der Waals surface area contributed by atoms with E-state index >= 15 is 0 Å². The van der Waals surface area contributed by atoms with E-state index in [1.807, 2.05) is 24.3 Å². The third-order valence-electron chi connectivity index (χ3n) is 7.57. The summed E-state index contributed by atoms with van der Waals surface area (Å²) < 4.78 is 41.0. The Hall–Kier alpha value is -5.23. The first-order chi connectivity index (χ1) is 22.3. The van der Waals surface area contributed by atoms with Crippen LogP contribution in [0.5, 0.6) is 34.5 Å². The molecule has 1 atom stereocenters. The first kappa shape index (κ1) is 30.8. The summed E-state index contributed by atoms with van der Waals surface area (Å²) in [4.78, 5) is 32.5. The molecule has 0 amide bonds. The van der Waals surface area contributed by atoms with Crippen LogP contribution in [-0.4, -0.2) is 45.3 Å². The van der Waals surface area contributed by atoms with Gasteiger partial charge in [0.15, 0.2) is 27.8 Å². The highest BCUT2D eigenvalue weighted by atomic mass is 32.1. The summed E-state index contributed by atoms with van der Waals surface area (Å²) in [7, 11) is 4.64. The Morgan fingerprint density at radius 1 is 0.978 bits per heavy atom. The zero-order chi connectivity index (χ0) is 32.4. The second-order valence-electron chi connectivity index (χ2n) is 10.3. The topological polar surface area (TPSA) is 116 Å². The molecule has 12 heteroatoms. The summed E-state index contributed by atoms with van der Waals surface area (Å²) >= 11 is 1.22. The fourth-order valence-corrected chi connectivity index (χ4v) is 6.42. The van der Waals surface area contributed by atoms with Crippen molar-refractivity contribution < 1.29 is 38.0 Å². The van der Waals surface area contributed by atoms with Crippen molar-refractivity contribution in [2.24, 2.45) is 4.99 Å². The average molecular weight is 645 g/mol. The third-order valence-corrected chi connectivity index (χ3v) is 8.55. The molecule has 238 valence electrons. The SMILES string of the molecule is CCOC(=O)C1=C(C)N=c2s/c(=C\c3ccc(OCc4ccc5c(c4)OCO5)c(OC)c3)c(=O)n2[C@@H]1c1cc(OC)ccc1OC. The van der Waals surface area contributed by atoms with E-state index in [9.17, 15) is 9.59 Å². The molecule has 2 aliphatic heterocycles. The van der Waals surface area contributed by atoms with Gasteiger partial charge in [0.2, 0.25) is 6.79 Å². The van der Waals surface area contributed by atoms with Crippen LogP contribution in [0.1, 0.15) is 36.6 Å². The Morgan fingerprint density at radius 2 is 1.76 bits per heavy atom. The summed E-state index contributed by atoms with van der Waals surface area (Å²) in [6, 6.07) is 15.5. The third kappa shape index (κ3) is 5.79. The molecule has 0 saturated heterocycles. The minimum absolute atomic E-state index is 0.167. The van der Waals surface area contributed by atoms with Gasteiger partial charge in [-0.3, -0.25) is 9.36 Å². The van der Waals surface area contributed by atoms with Gasteiger partial charge in [0, 0.05) is 5.56 Å². The minimum atomic E-state index is -0.857. The molecule has 46 heavy (non-hydrogen) atoms. The lowest BCUT2D eigenvalue weighted by atomic mass is 9.94. The van der Waals surface area contributed by atoms with E-state index in [4.69, 9.17) is 33.2 Å². The molecule has 0 N–H and O–H groups in total. The monoisotopic (exact) mass is 644 g/mol.